The first-order valence-electron chi connectivity index (χ1n) is 7.85. The lowest BCUT2D eigenvalue weighted by molar-refractivity contribution is 0.0894. The Kier molecular flexibility index (Phi) is 4.43. The number of likely N-dealkylation sites (N-methyl/N-ethyl adjacent to an activating group) is 1. The molecule has 2 heterocycles. The van der Waals surface area contributed by atoms with Gasteiger partial charge in [0.1, 0.15) is 5.69 Å². The summed E-state index contributed by atoms with van der Waals surface area (Å²) >= 11 is 1.48. The first-order chi connectivity index (χ1) is 11.4. The molecule has 0 radical (unpaired) electrons. The molecule has 0 atom stereocenters. The van der Waals surface area contributed by atoms with Crippen LogP contribution in [0.1, 0.15) is 24.3 Å². The molecule has 24 heavy (non-hydrogen) atoms. The molecule has 1 N–H and O–H groups in total. The number of carbonyl (C=O) groups excluding carboxylic acids is 1. The molecule has 0 aliphatic carbocycles. The van der Waals surface area contributed by atoms with Gasteiger partial charge in [-0.15, -0.1) is 11.3 Å². The normalized spacial score (nSPS) is 12.0. The van der Waals surface area contributed by atoms with Crippen molar-refractivity contribution in [3.8, 4) is 11.3 Å². The third kappa shape index (κ3) is 3.49. The van der Waals surface area contributed by atoms with Crippen LogP contribution in [0.4, 0.5) is 0 Å². The quantitative estimate of drug-likeness (QED) is 0.775. The van der Waals surface area contributed by atoms with Crippen LogP contribution in [-0.4, -0.2) is 46.4 Å². The number of aromatic nitrogens is 2. The number of imidazole rings is 1. The van der Waals surface area contributed by atoms with E-state index in [9.17, 15) is 4.79 Å². The number of thiazole rings is 1. The Morgan fingerprint density at radius 1 is 1.29 bits per heavy atom. The molecule has 0 fully saturated rings. The SMILES string of the molecule is CN(C)CC(C)(C)NC(=O)c1csc2nc(-c3ccccc3)cn12. The summed E-state index contributed by atoms with van der Waals surface area (Å²) in [7, 11) is 4.00. The molecule has 0 aliphatic rings. The molecule has 0 saturated heterocycles. The van der Waals surface area contributed by atoms with Crippen LogP contribution in [0.15, 0.2) is 41.9 Å². The first-order valence-corrected chi connectivity index (χ1v) is 8.73. The molecule has 1 amide bonds. The predicted molar refractivity (Wildman–Crippen MR) is 98.6 cm³/mol. The summed E-state index contributed by atoms with van der Waals surface area (Å²) in [6, 6.07) is 9.99. The number of nitrogens with one attached hydrogen (secondary N) is 1. The van der Waals surface area contributed by atoms with E-state index in [1.165, 1.54) is 11.3 Å². The Bertz CT molecular complexity index is 848. The molecule has 126 valence electrons. The number of fused-ring (bicyclic) bond motifs is 1. The van der Waals surface area contributed by atoms with Crippen molar-refractivity contribution in [1.29, 1.82) is 0 Å². The fourth-order valence-corrected chi connectivity index (χ4v) is 3.75. The van der Waals surface area contributed by atoms with Crippen LogP contribution in [0.2, 0.25) is 0 Å². The van der Waals surface area contributed by atoms with E-state index >= 15 is 0 Å². The summed E-state index contributed by atoms with van der Waals surface area (Å²) < 4.78 is 1.87. The highest BCUT2D eigenvalue weighted by Crippen LogP contribution is 2.23. The van der Waals surface area contributed by atoms with E-state index in [4.69, 9.17) is 0 Å². The van der Waals surface area contributed by atoms with Crippen molar-refractivity contribution >= 4 is 22.2 Å². The summed E-state index contributed by atoms with van der Waals surface area (Å²) in [5, 5.41) is 4.97. The molecule has 3 rings (SSSR count). The van der Waals surface area contributed by atoms with Crippen molar-refractivity contribution in [3.05, 3.63) is 47.6 Å². The lowest BCUT2D eigenvalue weighted by Gasteiger charge is -2.29. The Labute approximate surface area is 145 Å². The summed E-state index contributed by atoms with van der Waals surface area (Å²) in [6.45, 7) is 4.82. The minimum absolute atomic E-state index is 0.0786. The van der Waals surface area contributed by atoms with Crippen LogP contribution in [0.25, 0.3) is 16.2 Å². The van der Waals surface area contributed by atoms with E-state index in [1.807, 2.05) is 74.3 Å². The first kappa shape index (κ1) is 16.7. The zero-order valence-corrected chi connectivity index (χ0v) is 15.2. The molecule has 2 aromatic heterocycles. The highest BCUT2D eigenvalue weighted by molar-refractivity contribution is 7.15. The topological polar surface area (TPSA) is 49.6 Å². The van der Waals surface area contributed by atoms with Crippen molar-refractivity contribution in [3.63, 3.8) is 0 Å². The average molecular weight is 342 g/mol. The van der Waals surface area contributed by atoms with Gasteiger partial charge in [0.2, 0.25) is 0 Å². The summed E-state index contributed by atoms with van der Waals surface area (Å²) in [6.07, 6.45) is 1.93. The van der Waals surface area contributed by atoms with Gasteiger partial charge in [-0.25, -0.2) is 4.98 Å². The van der Waals surface area contributed by atoms with E-state index in [2.05, 4.69) is 15.2 Å². The minimum Gasteiger partial charge on any atom is -0.345 e. The molecule has 3 aromatic rings. The van der Waals surface area contributed by atoms with Gasteiger partial charge in [0.05, 0.1) is 5.69 Å². The van der Waals surface area contributed by atoms with Gasteiger partial charge in [0, 0.05) is 29.2 Å². The van der Waals surface area contributed by atoms with Crippen molar-refractivity contribution in [1.82, 2.24) is 19.6 Å². The lowest BCUT2D eigenvalue weighted by Crippen LogP contribution is -2.50. The van der Waals surface area contributed by atoms with E-state index in [1.54, 1.807) is 0 Å². The zero-order chi connectivity index (χ0) is 17.3. The van der Waals surface area contributed by atoms with Gasteiger partial charge in [-0.2, -0.15) is 0 Å². The lowest BCUT2D eigenvalue weighted by atomic mass is 10.1. The van der Waals surface area contributed by atoms with Crippen LogP contribution < -0.4 is 5.32 Å². The molecule has 0 spiro atoms. The van der Waals surface area contributed by atoms with Crippen LogP contribution >= 0.6 is 11.3 Å². The Morgan fingerprint density at radius 2 is 2.00 bits per heavy atom. The van der Waals surface area contributed by atoms with Gasteiger partial charge in [0.15, 0.2) is 4.96 Å². The second-order valence-corrected chi connectivity index (χ2v) is 7.68. The smallest absolute Gasteiger partial charge is 0.269 e. The average Bonchev–Trinajstić information content (AvgIpc) is 3.05. The molecule has 6 heteroatoms. The van der Waals surface area contributed by atoms with Gasteiger partial charge in [0.25, 0.3) is 5.91 Å². The zero-order valence-electron chi connectivity index (χ0n) is 14.4. The highest BCUT2D eigenvalue weighted by Gasteiger charge is 2.24. The van der Waals surface area contributed by atoms with E-state index in [0.29, 0.717) is 5.69 Å². The fourth-order valence-electron chi connectivity index (χ4n) is 2.90. The Hall–Kier alpha value is -2.18. The predicted octanol–water partition coefficient (Wildman–Crippen LogP) is 3.13. The summed E-state index contributed by atoms with van der Waals surface area (Å²) in [4.78, 5) is 20.2. The van der Waals surface area contributed by atoms with Gasteiger partial charge in [-0.3, -0.25) is 9.20 Å². The highest BCUT2D eigenvalue weighted by atomic mass is 32.1. The number of rotatable bonds is 5. The van der Waals surface area contributed by atoms with Crippen LogP contribution in [0.5, 0.6) is 0 Å². The fraction of sp³-hybridized carbons (Fsp3) is 0.333. The molecular formula is C18H22N4OS. The number of benzene rings is 1. The summed E-state index contributed by atoms with van der Waals surface area (Å²) in [5.41, 5.74) is 2.24. The minimum atomic E-state index is -0.308. The van der Waals surface area contributed by atoms with Crippen LogP contribution in [0, 0.1) is 0 Å². The number of carbonyl (C=O) groups is 1. The molecule has 0 aliphatic heterocycles. The van der Waals surface area contributed by atoms with Gasteiger partial charge in [-0.05, 0) is 27.9 Å². The number of nitrogens with zero attached hydrogens (tertiary/aromatic N) is 3. The maximum Gasteiger partial charge on any atom is 0.269 e. The Balaban J connectivity index is 1.87. The van der Waals surface area contributed by atoms with E-state index in [0.717, 1.165) is 22.8 Å². The maximum atomic E-state index is 12.7. The third-order valence-electron chi connectivity index (χ3n) is 3.67. The molecule has 0 unspecified atom stereocenters. The largest absolute Gasteiger partial charge is 0.345 e. The molecule has 0 bridgehead atoms. The molecule has 5 nitrogen and oxygen atoms in total. The summed E-state index contributed by atoms with van der Waals surface area (Å²) in [5.74, 6) is -0.0786. The van der Waals surface area contributed by atoms with Crippen LogP contribution in [0.3, 0.4) is 0 Å². The monoisotopic (exact) mass is 342 g/mol. The second kappa shape index (κ2) is 6.37. The van der Waals surface area contributed by atoms with Crippen molar-refractivity contribution in [2.24, 2.45) is 0 Å². The van der Waals surface area contributed by atoms with Crippen molar-refractivity contribution in [2.45, 2.75) is 19.4 Å². The molecule has 1 aromatic carbocycles. The van der Waals surface area contributed by atoms with Gasteiger partial charge < -0.3 is 10.2 Å². The third-order valence-corrected chi connectivity index (χ3v) is 4.51. The molecule has 0 saturated carbocycles. The van der Waals surface area contributed by atoms with Gasteiger partial charge in [-0.1, -0.05) is 30.3 Å². The standard InChI is InChI=1S/C18H22N4OS/c1-18(2,12-21(3)4)20-16(23)15-11-24-17-19-14(10-22(15)17)13-8-6-5-7-9-13/h5-11H,12H2,1-4H3,(H,20,23). The second-order valence-electron chi connectivity index (χ2n) is 6.84. The van der Waals surface area contributed by atoms with Crippen molar-refractivity contribution < 1.29 is 4.79 Å². The maximum absolute atomic E-state index is 12.7. The van der Waals surface area contributed by atoms with Crippen LogP contribution in [-0.2, 0) is 0 Å². The van der Waals surface area contributed by atoms with Gasteiger partial charge >= 0.3 is 0 Å². The number of hydrogen-bond acceptors (Lipinski definition) is 4. The molecular weight excluding hydrogens is 320 g/mol. The van der Waals surface area contributed by atoms with E-state index in [-0.39, 0.29) is 11.4 Å². The van der Waals surface area contributed by atoms with E-state index < -0.39 is 0 Å². The Morgan fingerprint density at radius 3 is 2.67 bits per heavy atom. The number of amides is 1. The number of hydrogen-bond donors (Lipinski definition) is 1. The van der Waals surface area contributed by atoms with Crippen molar-refractivity contribution in [2.75, 3.05) is 20.6 Å².